The molecule has 0 fully saturated rings. The van der Waals surface area contributed by atoms with E-state index < -0.39 is 50.0 Å². The van der Waals surface area contributed by atoms with Crippen molar-refractivity contribution in [3.8, 4) is 5.75 Å². The van der Waals surface area contributed by atoms with Gasteiger partial charge in [-0.05, 0) is 43.3 Å². The Bertz CT molecular complexity index is 1460. The van der Waals surface area contributed by atoms with E-state index in [-0.39, 0.29) is 16.5 Å². The topological polar surface area (TPSA) is 83.5 Å². The highest BCUT2D eigenvalue weighted by molar-refractivity contribution is 7.97. The van der Waals surface area contributed by atoms with Gasteiger partial charge in [-0.25, -0.2) is 22.0 Å². The number of benzene rings is 4. The maximum atomic E-state index is 13.4. The predicted octanol–water partition coefficient (Wildman–Crippen LogP) is 6.41. The minimum Gasteiger partial charge on any atom is -0.744 e. The van der Waals surface area contributed by atoms with E-state index in [0.29, 0.717) is 0 Å². The fourth-order valence-electron chi connectivity index (χ4n) is 3.16. The number of esters is 1. The summed E-state index contributed by atoms with van der Waals surface area (Å²) in [5.74, 6) is -12.8. The molecule has 0 N–H and O–H groups in total. The van der Waals surface area contributed by atoms with Crippen LogP contribution in [0.25, 0.3) is 0 Å². The van der Waals surface area contributed by atoms with Gasteiger partial charge in [-0.2, -0.15) is 8.78 Å². The zero-order valence-corrected chi connectivity index (χ0v) is 21.9. The molecule has 0 aliphatic heterocycles. The highest BCUT2D eigenvalue weighted by Crippen LogP contribution is 2.33. The first-order valence-electron chi connectivity index (χ1n) is 11.0. The molecule has 0 aromatic heterocycles. The van der Waals surface area contributed by atoms with Crippen molar-refractivity contribution in [2.45, 2.75) is 26.5 Å². The van der Waals surface area contributed by atoms with Crippen LogP contribution in [-0.2, 0) is 25.8 Å². The third-order valence-electron chi connectivity index (χ3n) is 4.91. The lowest BCUT2D eigenvalue weighted by molar-refractivity contribution is -0.130. The molecule has 0 radical (unpaired) electrons. The molecule has 0 spiro atoms. The molecule has 202 valence electrons. The molecule has 5 nitrogen and oxygen atoms in total. The smallest absolute Gasteiger partial charge is 0.338 e. The molecule has 0 amide bonds. The number of ether oxygens (including phenoxy) is 1. The Morgan fingerprint density at radius 3 is 1.33 bits per heavy atom. The van der Waals surface area contributed by atoms with Crippen molar-refractivity contribution >= 4 is 27.0 Å². The van der Waals surface area contributed by atoms with Crippen LogP contribution in [0.3, 0.4) is 0 Å². The maximum Gasteiger partial charge on any atom is 0.338 e. The van der Waals surface area contributed by atoms with E-state index >= 15 is 0 Å². The lowest BCUT2D eigenvalue weighted by Gasteiger charge is -2.13. The summed E-state index contributed by atoms with van der Waals surface area (Å²) in [6.07, 6.45) is 0. The molecule has 0 saturated carbocycles. The second-order valence-electron chi connectivity index (χ2n) is 7.78. The molecular weight excluding hydrogens is 556 g/mol. The maximum absolute atomic E-state index is 13.4. The Hall–Kier alpha value is -3.93. The van der Waals surface area contributed by atoms with Gasteiger partial charge in [0, 0.05) is 5.57 Å². The van der Waals surface area contributed by atoms with E-state index in [4.69, 9.17) is 0 Å². The molecule has 4 aromatic rings. The van der Waals surface area contributed by atoms with E-state index in [1.807, 2.05) is 0 Å². The van der Waals surface area contributed by atoms with Gasteiger partial charge in [0.05, 0.1) is 10.9 Å². The van der Waals surface area contributed by atoms with Crippen LogP contribution in [0, 0.1) is 23.3 Å². The molecule has 0 aliphatic rings. The number of halogens is 4. The Kier molecular flexibility index (Phi) is 9.68. The third-order valence-corrected chi connectivity index (χ3v) is 8.00. The number of hydrogen-bond acceptors (Lipinski definition) is 5. The second-order valence-corrected chi connectivity index (χ2v) is 11.1. The van der Waals surface area contributed by atoms with Gasteiger partial charge in [-0.1, -0.05) is 61.2 Å². The van der Waals surface area contributed by atoms with Gasteiger partial charge in [-0.3, -0.25) is 0 Å². The van der Waals surface area contributed by atoms with Crippen LogP contribution < -0.4 is 4.74 Å². The molecule has 4 rings (SSSR count). The summed E-state index contributed by atoms with van der Waals surface area (Å²) in [7, 11) is -5.82. The first kappa shape index (κ1) is 29.6. The number of hydrogen-bond donors (Lipinski definition) is 0. The second kappa shape index (κ2) is 12.7. The summed E-state index contributed by atoms with van der Waals surface area (Å²) < 4.78 is 88.9. The van der Waals surface area contributed by atoms with Crippen LogP contribution in [0.5, 0.6) is 5.75 Å². The van der Waals surface area contributed by atoms with E-state index in [1.54, 1.807) is 0 Å². The highest BCUT2D eigenvalue weighted by atomic mass is 32.2. The molecule has 0 atom stereocenters. The van der Waals surface area contributed by atoms with Crippen LogP contribution >= 0.6 is 0 Å². The zero-order valence-electron chi connectivity index (χ0n) is 20.2. The first-order chi connectivity index (χ1) is 18.4. The summed E-state index contributed by atoms with van der Waals surface area (Å²) in [5.41, 5.74) is -0.342. The normalized spacial score (nSPS) is 10.9. The molecule has 0 bridgehead atoms. The molecule has 0 aliphatic carbocycles. The monoisotopic (exact) mass is 576 g/mol. The van der Waals surface area contributed by atoms with Gasteiger partial charge < -0.3 is 9.29 Å². The minimum absolute atomic E-state index is 0.0146. The Balaban J connectivity index is 0.000000216. The van der Waals surface area contributed by atoms with Crippen molar-refractivity contribution < 1.29 is 40.1 Å². The van der Waals surface area contributed by atoms with Crippen LogP contribution in [0.1, 0.15) is 6.92 Å². The fourth-order valence-corrected chi connectivity index (χ4v) is 5.88. The van der Waals surface area contributed by atoms with Gasteiger partial charge in [0.1, 0.15) is 15.0 Å². The SMILES string of the molecule is C=C(C)C(=O)Oc1c(F)c(F)c(S(=O)(=O)[O-])c(F)c1F.c1ccc([S+](c2ccccc2)c2ccccc2)cc1. The fraction of sp³-hybridized carbons (Fsp3) is 0.0357. The van der Waals surface area contributed by atoms with Crippen molar-refractivity contribution in [2.24, 2.45) is 0 Å². The number of carbonyl (C=O) groups is 1. The van der Waals surface area contributed by atoms with Gasteiger partial charge in [-0.15, -0.1) is 0 Å². The Morgan fingerprint density at radius 1 is 0.718 bits per heavy atom. The summed E-state index contributed by atoms with van der Waals surface area (Å²) >= 11 is 0. The van der Waals surface area contributed by atoms with Crippen molar-refractivity contribution in [3.05, 3.63) is 126 Å². The number of rotatable bonds is 6. The molecule has 39 heavy (non-hydrogen) atoms. The number of carbonyl (C=O) groups excluding carboxylic acids is 1. The lowest BCUT2D eigenvalue weighted by atomic mass is 10.3. The predicted molar refractivity (Wildman–Crippen MR) is 136 cm³/mol. The van der Waals surface area contributed by atoms with Crippen LogP contribution in [0.4, 0.5) is 17.6 Å². The van der Waals surface area contributed by atoms with Gasteiger partial charge in [0.2, 0.25) is 17.4 Å². The van der Waals surface area contributed by atoms with Gasteiger partial charge in [0.15, 0.2) is 26.3 Å². The van der Waals surface area contributed by atoms with E-state index in [9.17, 15) is 35.3 Å². The van der Waals surface area contributed by atoms with Crippen molar-refractivity contribution in [1.29, 1.82) is 0 Å². The van der Waals surface area contributed by atoms with Crippen LogP contribution in [0.2, 0.25) is 0 Å². The highest BCUT2D eigenvalue weighted by Gasteiger charge is 2.31. The summed E-state index contributed by atoms with van der Waals surface area (Å²) in [6.45, 7) is 4.14. The summed E-state index contributed by atoms with van der Waals surface area (Å²) in [4.78, 5) is 12.8. The van der Waals surface area contributed by atoms with Crippen LogP contribution in [-0.4, -0.2) is 18.9 Å². The standard InChI is InChI=1S/C18H15S.C10H6F4O5S/c1-4-10-16(11-5-1)19(17-12-6-2-7-13-17)18-14-8-3-9-15-18;1-3(2)10(15)19-8-4(11)6(13)9(20(16,17)18)7(14)5(8)12/h1-15H;1H2,2H3,(H,16,17,18)/q+1;/p-1. The minimum atomic E-state index is -5.81. The Labute approximate surface area is 225 Å². The van der Waals surface area contributed by atoms with Crippen LogP contribution in [0.15, 0.2) is 123 Å². The summed E-state index contributed by atoms with van der Waals surface area (Å²) in [5, 5.41) is 0. The van der Waals surface area contributed by atoms with E-state index in [2.05, 4.69) is 102 Å². The van der Waals surface area contributed by atoms with Gasteiger partial charge >= 0.3 is 5.97 Å². The van der Waals surface area contributed by atoms with E-state index in [0.717, 1.165) is 6.92 Å². The third kappa shape index (κ3) is 7.14. The first-order valence-corrected chi connectivity index (χ1v) is 13.7. The average molecular weight is 577 g/mol. The van der Waals surface area contributed by atoms with E-state index in [1.165, 1.54) is 14.7 Å². The summed E-state index contributed by atoms with van der Waals surface area (Å²) in [6, 6.07) is 32.2. The average Bonchev–Trinajstić information content (AvgIpc) is 2.91. The largest absolute Gasteiger partial charge is 0.744 e. The molecule has 11 heteroatoms. The quantitative estimate of drug-likeness (QED) is 0.0504. The van der Waals surface area contributed by atoms with Gasteiger partial charge in [0.25, 0.3) is 0 Å². The van der Waals surface area contributed by atoms with Crippen molar-refractivity contribution in [3.63, 3.8) is 0 Å². The molecule has 4 aromatic carbocycles. The Morgan fingerprint density at radius 2 is 1.05 bits per heavy atom. The van der Waals surface area contributed by atoms with Crippen molar-refractivity contribution in [1.82, 2.24) is 0 Å². The molecule has 0 unspecified atom stereocenters. The van der Waals surface area contributed by atoms with Crippen molar-refractivity contribution in [2.75, 3.05) is 0 Å². The molecule has 0 saturated heterocycles. The lowest BCUT2D eigenvalue weighted by Crippen LogP contribution is -2.16. The molecular formula is C28H20F4O5S2. The molecule has 0 heterocycles. The zero-order chi connectivity index (χ0) is 28.7.